The van der Waals surface area contributed by atoms with Crippen LogP contribution in [0, 0.1) is 16.0 Å². The van der Waals surface area contributed by atoms with Crippen molar-refractivity contribution in [2.24, 2.45) is 5.92 Å². The number of rotatable bonds is 6. The molecule has 108 valence electrons. The van der Waals surface area contributed by atoms with Crippen LogP contribution in [-0.2, 0) is 0 Å². The molecule has 6 nitrogen and oxygen atoms in total. The van der Waals surface area contributed by atoms with Gasteiger partial charge in [0.25, 0.3) is 11.6 Å². The molecule has 0 aliphatic heterocycles. The third-order valence-electron chi connectivity index (χ3n) is 3.23. The van der Waals surface area contributed by atoms with Gasteiger partial charge in [0.05, 0.1) is 23.7 Å². The molecule has 1 fully saturated rings. The van der Waals surface area contributed by atoms with Gasteiger partial charge < -0.3 is 10.1 Å². The fraction of sp³-hybridized carbons (Fsp3) is 0.462. The van der Waals surface area contributed by atoms with Crippen molar-refractivity contribution in [1.82, 2.24) is 5.32 Å². The number of halogens is 1. The highest BCUT2D eigenvalue weighted by Gasteiger charge is 2.29. The molecule has 0 heterocycles. The van der Waals surface area contributed by atoms with Gasteiger partial charge in [-0.15, -0.1) is 0 Å². The number of ether oxygens (including phenoxy) is 1. The molecular weight excluding hydrogens is 328 g/mol. The van der Waals surface area contributed by atoms with E-state index in [2.05, 4.69) is 21.2 Å². The lowest BCUT2D eigenvalue weighted by molar-refractivity contribution is -0.384. The van der Waals surface area contributed by atoms with E-state index in [9.17, 15) is 14.9 Å². The van der Waals surface area contributed by atoms with Gasteiger partial charge in [0.1, 0.15) is 5.75 Å². The van der Waals surface area contributed by atoms with Crippen LogP contribution in [0.3, 0.4) is 0 Å². The quantitative estimate of drug-likeness (QED) is 0.489. The Hall–Kier alpha value is -1.63. The summed E-state index contributed by atoms with van der Waals surface area (Å²) in [6, 6.07) is 3.96. The molecule has 0 spiro atoms. The number of nitro groups is 1. The van der Waals surface area contributed by atoms with Gasteiger partial charge in [0.2, 0.25) is 0 Å². The summed E-state index contributed by atoms with van der Waals surface area (Å²) in [6.07, 6.45) is 2.37. The van der Waals surface area contributed by atoms with Crippen LogP contribution in [-0.4, -0.2) is 29.3 Å². The van der Waals surface area contributed by atoms with Crippen LogP contribution in [0.4, 0.5) is 5.69 Å². The summed E-state index contributed by atoms with van der Waals surface area (Å²) < 4.78 is 5.05. The van der Waals surface area contributed by atoms with Crippen molar-refractivity contribution in [1.29, 1.82) is 0 Å². The van der Waals surface area contributed by atoms with Gasteiger partial charge in [-0.3, -0.25) is 14.9 Å². The van der Waals surface area contributed by atoms with Gasteiger partial charge in [0, 0.05) is 17.4 Å². The van der Waals surface area contributed by atoms with Crippen LogP contribution >= 0.6 is 15.9 Å². The van der Waals surface area contributed by atoms with E-state index >= 15 is 0 Å². The summed E-state index contributed by atoms with van der Waals surface area (Å²) >= 11 is 3.54. The van der Waals surface area contributed by atoms with E-state index in [4.69, 9.17) is 4.74 Å². The molecule has 2 rings (SSSR count). The molecule has 0 radical (unpaired) electrons. The predicted molar refractivity (Wildman–Crippen MR) is 77.4 cm³/mol. The number of nitro benzene ring substituents is 1. The van der Waals surface area contributed by atoms with Crippen LogP contribution in [0.5, 0.6) is 5.75 Å². The maximum Gasteiger partial charge on any atom is 0.273 e. The predicted octanol–water partition coefficient (Wildman–Crippen LogP) is 2.51. The first-order valence-corrected chi connectivity index (χ1v) is 7.19. The Morgan fingerprint density at radius 3 is 2.85 bits per heavy atom. The number of nitrogens with zero attached hydrogens (tertiary/aromatic N) is 1. The number of alkyl halides is 1. The Morgan fingerprint density at radius 1 is 1.60 bits per heavy atom. The largest absolute Gasteiger partial charge is 0.496 e. The summed E-state index contributed by atoms with van der Waals surface area (Å²) in [4.78, 5) is 22.5. The fourth-order valence-electron chi connectivity index (χ4n) is 1.89. The maximum absolute atomic E-state index is 12.1. The molecule has 1 atom stereocenters. The third kappa shape index (κ3) is 3.47. The second-order valence-electron chi connectivity index (χ2n) is 4.71. The van der Waals surface area contributed by atoms with Crippen LogP contribution in [0.2, 0.25) is 0 Å². The van der Waals surface area contributed by atoms with Crippen molar-refractivity contribution in [3.63, 3.8) is 0 Å². The van der Waals surface area contributed by atoms with E-state index in [1.54, 1.807) is 0 Å². The van der Waals surface area contributed by atoms with Crippen LogP contribution in [0.1, 0.15) is 23.2 Å². The number of carbonyl (C=O) groups excluding carboxylic acids is 1. The number of nitrogens with one attached hydrogen (secondary N) is 1. The molecule has 1 aromatic carbocycles. The van der Waals surface area contributed by atoms with Gasteiger partial charge >= 0.3 is 0 Å². The Morgan fingerprint density at radius 2 is 2.30 bits per heavy atom. The Kier molecular flexibility index (Phi) is 4.59. The first-order chi connectivity index (χ1) is 9.52. The number of amides is 1. The average Bonchev–Trinajstić information content (AvgIpc) is 3.28. The number of benzene rings is 1. The Balaban J connectivity index is 2.06. The smallest absolute Gasteiger partial charge is 0.273 e. The lowest BCUT2D eigenvalue weighted by Crippen LogP contribution is -2.30. The van der Waals surface area contributed by atoms with E-state index in [0.717, 1.165) is 0 Å². The number of hydrogen-bond donors (Lipinski definition) is 1. The lowest BCUT2D eigenvalue weighted by atomic mass is 10.1. The zero-order valence-electron chi connectivity index (χ0n) is 11.0. The highest BCUT2D eigenvalue weighted by atomic mass is 79.9. The first kappa shape index (κ1) is 14.8. The van der Waals surface area contributed by atoms with Gasteiger partial charge in [0.15, 0.2) is 0 Å². The van der Waals surface area contributed by atoms with Crippen molar-refractivity contribution in [3.8, 4) is 5.75 Å². The van der Waals surface area contributed by atoms with Gasteiger partial charge in [-0.2, -0.15) is 0 Å². The minimum Gasteiger partial charge on any atom is -0.496 e. The zero-order valence-corrected chi connectivity index (χ0v) is 12.6. The van der Waals surface area contributed by atoms with Crippen LogP contribution in [0.25, 0.3) is 0 Å². The molecular formula is C13H15BrN2O4. The van der Waals surface area contributed by atoms with Crippen molar-refractivity contribution < 1.29 is 14.5 Å². The second-order valence-corrected chi connectivity index (χ2v) is 5.88. The second kappa shape index (κ2) is 6.21. The fourth-order valence-corrected chi connectivity index (χ4v) is 2.58. The maximum atomic E-state index is 12.1. The summed E-state index contributed by atoms with van der Waals surface area (Å²) in [7, 11) is 1.38. The van der Waals surface area contributed by atoms with Crippen molar-refractivity contribution in [2.45, 2.75) is 17.7 Å². The lowest BCUT2D eigenvalue weighted by Gasteiger charge is -2.12. The number of carbonyl (C=O) groups is 1. The first-order valence-electron chi connectivity index (χ1n) is 6.27. The molecule has 0 aromatic heterocycles. The summed E-state index contributed by atoms with van der Waals surface area (Å²) in [6.45, 7) is 0.531. The molecule has 0 saturated heterocycles. The van der Waals surface area contributed by atoms with E-state index in [1.165, 1.54) is 38.2 Å². The average molecular weight is 343 g/mol. The molecule has 1 N–H and O–H groups in total. The van der Waals surface area contributed by atoms with Gasteiger partial charge in [-0.25, -0.2) is 0 Å². The van der Waals surface area contributed by atoms with Crippen LogP contribution < -0.4 is 10.1 Å². The Bertz CT molecular complexity index is 531. The minimum absolute atomic E-state index is 0.102. The summed E-state index contributed by atoms with van der Waals surface area (Å²) in [5.41, 5.74) is 0.198. The molecule has 1 aliphatic rings. The van der Waals surface area contributed by atoms with Crippen molar-refractivity contribution in [3.05, 3.63) is 33.9 Å². The number of hydrogen-bond acceptors (Lipinski definition) is 4. The van der Waals surface area contributed by atoms with E-state index in [1.807, 2.05) is 0 Å². The molecule has 1 saturated carbocycles. The number of non-ortho nitro benzene ring substituents is 1. The van der Waals surface area contributed by atoms with Crippen LogP contribution in [0.15, 0.2) is 18.2 Å². The van der Waals surface area contributed by atoms with E-state index in [-0.39, 0.29) is 22.2 Å². The molecule has 0 bridgehead atoms. The van der Waals surface area contributed by atoms with Gasteiger partial charge in [-0.05, 0) is 24.8 Å². The van der Waals surface area contributed by atoms with E-state index in [0.29, 0.717) is 18.0 Å². The van der Waals surface area contributed by atoms with E-state index < -0.39 is 4.92 Å². The molecule has 1 aliphatic carbocycles. The highest BCUT2D eigenvalue weighted by molar-refractivity contribution is 9.09. The summed E-state index contributed by atoms with van der Waals surface area (Å²) in [5, 5.41) is 13.5. The standard InChI is InChI=1S/C13H15BrN2O4/c1-20-12-6-9(16(18)19)4-5-10(12)13(17)15-7-11(14)8-2-3-8/h4-6,8,11H,2-3,7H2,1H3,(H,15,17). The molecule has 1 aromatic rings. The molecule has 1 unspecified atom stereocenters. The molecule has 7 heteroatoms. The molecule has 20 heavy (non-hydrogen) atoms. The summed E-state index contributed by atoms with van der Waals surface area (Å²) in [5.74, 6) is 0.546. The normalized spacial score (nSPS) is 15.5. The highest BCUT2D eigenvalue weighted by Crippen LogP contribution is 2.36. The van der Waals surface area contributed by atoms with Crippen molar-refractivity contribution in [2.75, 3.05) is 13.7 Å². The monoisotopic (exact) mass is 342 g/mol. The Labute approximate surface area is 124 Å². The molecule has 1 amide bonds. The topological polar surface area (TPSA) is 81.5 Å². The third-order valence-corrected chi connectivity index (χ3v) is 4.30. The zero-order chi connectivity index (χ0) is 14.7. The minimum atomic E-state index is -0.522. The van der Waals surface area contributed by atoms with Crippen molar-refractivity contribution >= 4 is 27.5 Å². The van der Waals surface area contributed by atoms with Gasteiger partial charge in [-0.1, -0.05) is 15.9 Å². The number of methoxy groups -OCH3 is 1. The SMILES string of the molecule is COc1cc([N+](=O)[O-])ccc1C(=O)NCC(Br)C1CC1.